The van der Waals surface area contributed by atoms with Crippen LogP contribution in [0.25, 0.3) is 5.69 Å². The number of benzene rings is 1. The zero-order valence-electron chi connectivity index (χ0n) is 9.31. The van der Waals surface area contributed by atoms with E-state index in [4.69, 9.17) is 5.73 Å². The molecule has 2 aromatic rings. The molecule has 0 bridgehead atoms. The van der Waals surface area contributed by atoms with Crippen molar-refractivity contribution in [3.8, 4) is 5.69 Å². The lowest BCUT2D eigenvalue weighted by Crippen LogP contribution is -2.05. The van der Waals surface area contributed by atoms with E-state index in [-0.39, 0.29) is 6.04 Å². The van der Waals surface area contributed by atoms with Gasteiger partial charge in [-0.15, -0.1) is 0 Å². The van der Waals surface area contributed by atoms with Crippen molar-refractivity contribution in [3.63, 3.8) is 0 Å². The fourth-order valence-corrected chi connectivity index (χ4v) is 2.12. The van der Waals surface area contributed by atoms with Gasteiger partial charge in [-0.1, -0.05) is 6.07 Å². The molecule has 0 aliphatic carbocycles. The number of halogens is 1. The highest BCUT2D eigenvalue weighted by molar-refractivity contribution is 9.10. The van der Waals surface area contributed by atoms with Crippen LogP contribution >= 0.6 is 15.9 Å². The summed E-state index contributed by atoms with van der Waals surface area (Å²) in [5, 5.41) is 4.37. The van der Waals surface area contributed by atoms with Gasteiger partial charge < -0.3 is 5.73 Å². The molecule has 1 aromatic heterocycles. The van der Waals surface area contributed by atoms with Crippen molar-refractivity contribution < 1.29 is 0 Å². The Morgan fingerprint density at radius 2 is 2.12 bits per heavy atom. The lowest BCUT2D eigenvalue weighted by atomic mass is 10.1. The molecule has 0 aliphatic rings. The highest BCUT2D eigenvalue weighted by atomic mass is 79.9. The average molecular weight is 280 g/mol. The molecule has 1 heterocycles. The molecular formula is C12H14BrN3. The minimum absolute atomic E-state index is 0.0460. The molecule has 2 rings (SSSR count). The number of aryl methyl sites for hydroxylation is 1. The molecule has 0 spiro atoms. The van der Waals surface area contributed by atoms with Crippen molar-refractivity contribution in [3.05, 3.63) is 46.2 Å². The van der Waals surface area contributed by atoms with Gasteiger partial charge in [0.25, 0.3) is 0 Å². The Labute approximate surface area is 103 Å². The van der Waals surface area contributed by atoms with Crippen LogP contribution in [0.1, 0.15) is 24.2 Å². The van der Waals surface area contributed by atoms with Gasteiger partial charge in [0.15, 0.2) is 0 Å². The molecule has 84 valence electrons. The van der Waals surface area contributed by atoms with Crippen LogP contribution in [-0.4, -0.2) is 9.78 Å². The van der Waals surface area contributed by atoms with Gasteiger partial charge in [0, 0.05) is 16.7 Å². The van der Waals surface area contributed by atoms with Gasteiger partial charge in [0.2, 0.25) is 0 Å². The van der Waals surface area contributed by atoms with Crippen LogP contribution in [0.3, 0.4) is 0 Å². The van der Waals surface area contributed by atoms with Gasteiger partial charge in [0.1, 0.15) is 0 Å². The molecule has 0 aliphatic heterocycles. The van der Waals surface area contributed by atoms with Crippen molar-refractivity contribution in [1.82, 2.24) is 9.78 Å². The molecule has 1 aromatic carbocycles. The minimum atomic E-state index is 0.0460. The van der Waals surface area contributed by atoms with Gasteiger partial charge >= 0.3 is 0 Å². The van der Waals surface area contributed by atoms with Crippen LogP contribution in [0, 0.1) is 6.92 Å². The first-order valence-electron chi connectivity index (χ1n) is 5.15. The SMILES string of the molecule is Cc1ccn(-c2ccc([C@H](C)N)cc2Br)n1. The van der Waals surface area contributed by atoms with E-state index in [0.717, 1.165) is 21.4 Å². The Balaban J connectivity index is 2.44. The Hall–Kier alpha value is -1.13. The molecule has 3 nitrogen and oxygen atoms in total. The molecular weight excluding hydrogens is 266 g/mol. The molecule has 16 heavy (non-hydrogen) atoms. The van der Waals surface area contributed by atoms with Crippen LogP contribution in [-0.2, 0) is 0 Å². The molecule has 0 saturated carbocycles. The van der Waals surface area contributed by atoms with Gasteiger partial charge in [-0.25, -0.2) is 4.68 Å². The van der Waals surface area contributed by atoms with E-state index < -0.39 is 0 Å². The summed E-state index contributed by atoms with van der Waals surface area (Å²) in [6.07, 6.45) is 1.95. The lowest BCUT2D eigenvalue weighted by molar-refractivity contribution is 0.811. The van der Waals surface area contributed by atoms with E-state index >= 15 is 0 Å². The van der Waals surface area contributed by atoms with Crippen LogP contribution in [0.4, 0.5) is 0 Å². The zero-order chi connectivity index (χ0) is 11.7. The fraction of sp³-hybridized carbons (Fsp3) is 0.250. The number of nitrogens with zero attached hydrogens (tertiary/aromatic N) is 2. The second kappa shape index (κ2) is 4.39. The molecule has 0 amide bonds. The van der Waals surface area contributed by atoms with Crippen molar-refractivity contribution >= 4 is 15.9 Å². The third-order valence-corrected chi connectivity index (χ3v) is 3.10. The van der Waals surface area contributed by atoms with E-state index in [0.29, 0.717) is 0 Å². The van der Waals surface area contributed by atoms with Crippen molar-refractivity contribution in [2.24, 2.45) is 5.73 Å². The number of hydrogen-bond donors (Lipinski definition) is 1. The summed E-state index contributed by atoms with van der Waals surface area (Å²) in [4.78, 5) is 0. The Morgan fingerprint density at radius 3 is 2.62 bits per heavy atom. The van der Waals surface area contributed by atoms with E-state index in [2.05, 4.69) is 21.0 Å². The normalized spacial score (nSPS) is 12.8. The topological polar surface area (TPSA) is 43.8 Å². The molecule has 0 fully saturated rings. The predicted octanol–water partition coefficient (Wildman–Crippen LogP) is 2.96. The molecule has 4 heteroatoms. The molecule has 2 N–H and O–H groups in total. The summed E-state index contributed by atoms with van der Waals surface area (Å²) < 4.78 is 2.86. The second-order valence-electron chi connectivity index (χ2n) is 3.90. The van der Waals surface area contributed by atoms with E-state index in [1.54, 1.807) is 0 Å². The first kappa shape index (κ1) is 11.4. The summed E-state index contributed by atoms with van der Waals surface area (Å²) in [7, 11) is 0. The Morgan fingerprint density at radius 1 is 1.38 bits per heavy atom. The van der Waals surface area contributed by atoms with Crippen LogP contribution in [0.5, 0.6) is 0 Å². The number of rotatable bonds is 2. The lowest BCUT2D eigenvalue weighted by Gasteiger charge is -2.09. The summed E-state index contributed by atoms with van der Waals surface area (Å²) in [6, 6.07) is 8.12. The largest absolute Gasteiger partial charge is 0.324 e. The predicted molar refractivity (Wildman–Crippen MR) is 68.6 cm³/mol. The van der Waals surface area contributed by atoms with Crippen LogP contribution in [0.15, 0.2) is 34.9 Å². The molecule has 1 atom stereocenters. The van der Waals surface area contributed by atoms with Crippen LogP contribution < -0.4 is 5.73 Å². The maximum absolute atomic E-state index is 5.83. The van der Waals surface area contributed by atoms with Gasteiger partial charge in [-0.05, 0) is 53.5 Å². The fourth-order valence-electron chi connectivity index (χ4n) is 1.54. The smallest absolute Gasteiger partial charge is 0.0787 e. The van der Waals surface area contributed by atoms with Gasteiger partial charge in [0.05, 0.1) is 11.4 Å². The van der Waals surface area contributed by atoms with Crippen molar-refractivity contribution in [1.29, 1.82) is 0 Å². The van der Waals surface area contributed by atoms with Crippen molar-refractivity contribution in [2.75, 3.05) is 0 Å². The summed E-state index contributed by atoms with van der Waals surface area (Å²) >= 11 is 3.55. The third kappa shape index (κ3) is 2.18. The van der Waals surface area contributed by atoms with Crippen LogP contribution in [0.2, 0.25) is 0 Å². The molecule has 0 saturated heterocycles. The maximum atomic E-state index is 5.83. The highest BCUT2D eigenvalue weighted by Gasteiger charge is 2.06. The summed E-state index contributed by atoms with van der Waals surface area (Å²) in [5.74, 6) is 0. The van der Waals surface area contributed by atoms with Gasteiger partial charge in [-0.2, -0.15) is 5.10 Å². The quantitative estimate of drug-likeness (QED) is 0.919. The van der Waals surface area contributed by atoms with E-state index in [9.17, 15) is 0 Å². The first-order chi connectivity index (χ1) is 7.58. The summed E-state index contributed by atoms with van der Waals surface area (Å²) in [6.45, 7) is 3.94. The van der Waals surface area contributed by atoms with E-state index in [1.807, 2.05) is 49.0 Å². The highest BCUT2D eigenvalue weighted by Crippen LogP contribution is 2.24. The maximum Gasteiger partial charge on any atom is 0.0787 e. The Kier molecular flexibility index (Phi) is 3.12. The Bertz CT molecular complexity index is 503. The number of nitrogens with two attached hydrogens (primary N) is 1. The second-order valence-corrected chi connectivity index (χ2v) is 4.76. The zero-order valence-corrected chi connectivity index (χ0v) is 10.9. The molecule has 0 radical (unpaired) electrons. The van der Waals surface area contributed by atoms with E-state index in [1.165, 1.54) is 0 Å². The number of hydrogen-bond acceptors (Lipinski definition) is 2. The average Bonchev–Trinajstić information content (AvgIpc) is 2.64. The third-order valence-electron chi connectivity index (χ3n) is 2.47. The minimum Gasteiger partial charge on any atom is -0.324 e. The molecule has 0 unspecified atom stereocenters. The monoisotopic (exact) mass is 279 g/mol. The summed E-state index contributed by atoms with van der Waals surface area (Å²) in [5.41, 5.74) is 8.97. The standard InChI is InChI=1S/C12H14BrN3/c1-8-5-6-16(15-8)12-4-3-10(9(2)14)7-11(12)13/h3-7,9H,14H2,1-2H3/t9-/m0/s1. The first-order valence-corrected chi connectivity index (χ1v) is 5.95. The number of aromatic nitrogens is 2. The van der Waals surface area contributed by atoms with Crippen molar-refractivity contribution in [2.45, 2.75) is 19.9 Å². The van der Waals surface area contributed by atoms with Gasteiger partial charge in [-0.3, -0.25) is 0 Å².